The highest BCUT2D eigenvalue weighted by molar-refractivity contribution is 6.06. The van der Waals surface area contributed by atoms with Crippen molar-refractivity contribution >= 4 is 16.7 Å². The zero-order valence-electron chi connectivity index (χ0n) is 17.2. The Labute approximate surface area is 172 Å². The number of allylic oxidation sites excluding steroid dienone is 2. The Morgan fingerprint density at radius 1 is 1.10 bits per heavy atom. The predicted octanol–water partition coefficient (Wildman–Crippen LogP) is 4.84. The summed E-state index contributed by atoms with van der Waals surface area (Å²) in [4.78, 5) is 15.3. The second-order valence-corrected chi connectivity index (χ2v) is 7.84. The summed E-state index contributed by atoms with van der Waals surface area (Å²) in [7, 11) is 3.59. The first-order chi connectivity index (χ1) is 14.1. The van der Waals surface area contributed by atoms with Gasteiger partial charge in [-0.2, -0.15) is 0 Å². The maximum absolute atomic E-state index is 12.8. The Balaban J connectivity index is 1.37. The van der Waals surface area contributed by atoms with Gasteiger partial charge in [0.1, 0.15) is 5.75 Å². The number of aryl methyl sites for hydroxylation is 1. The standard InChI is InChI=1S/C25H28N2O2/c1-26-23-17-22(29-2)10-9-21(23)16-24(26)25(28)11-8-19-12-14-27(15-13-19)18-20-6-4-3-5-7-20/h3-11,16-17,19H,12-15,18H2,1-2H3. The highest BCUT2D eigenvalue weighted by Gasteiger charge is 2.18. The van der Waals surface area contributed by atoms with Crippen LogP contribution in [0, 0.1) is 5.92 Å². The van der Waals surface area contributed by atoms with Gasteiger partial charge in [-0.25, -0.2) is 0 Å². The zero-order valence-corrected chi connectivity index (χ0v) is 17.2. The molecule has 0 saturated carbocycles. The molecule has 1 saturated heterocycles. The lowest BCUT2D eigenvalue weighted by molar-refractivity contribution is 0.103. The van der Waals surface area contributed by atoms with Gasteiger partial charge in [-0.1, -0.05) is 36.4 Å². The van der Waals surface area contributed by atoms with Gasteiger partial charge in [-0.05, 0) is 61.7 Å². The number of hydrogen-bond acceptors (Lipinski definition) is 3. The van der Waals surface area contributed by atoms with Gasteiger partial charge in [0.05, 0.1) is 18.3 Å². The third kappa shape index (κ3) is 4.43. The molecule has 0 atom stereocenters. The number of ether oxygens (including phenoxy) is 1. The Hall–Kier alpha value is -2.85. The number of nitrogens with zero attached hydrogens (tertiary/aromatic N) is 2. The van der Waals surface area contributed by atoms with Crippen LogP contribution in [0.1, 0.15) is 28.9 Å². The SMILES string of the molecule is COc1ccc2cc(C(=O)C=CC3CCN(Cc4ccccc4)CC3)n(C)c2c1. The Kier molecular flexibility index (Phi) is 5.81. The molecule has 4 nitrogen and oxygen atoms in total. The minimum absolute atomic E-state index is 0.0642. The summed E-state index contributed by atoms with van der Waals surface area (Å²) in [6, 6.07) is 18.5. The fourth-order valence-corrected chi connectivity index (χ4v) is 4.13. The van der Waals surface area contributed by atoms with Crippen LogP contribution in [0.5, 0.6) is 5.75 Å². The highest BCUT2D eigenvalue weighted by Crippen LogP contribution is 2.25. The first kappa shape index (κ1) is 19.5. The normalized spacial score (nSPS) is 15.9. The second kappa shape index (κ2) is 8.66. The number of likely N-dealkylation sites (tertiary alicyclic amines) is 1. The molecule has 1 aliphatic heterocycles. The van der Waals surface area contributed by atoms with Crippen molar-refractivity contribution in [3.05, 3.63) is 78.0 Å². The zero-order chi connectivity index (χ0) is 20.2. The molecule has 0 radical (unpaired) electrons. The highest BCUT2D eigenvalue weighted by atomic mass is 16.5. The smallest absolute Gasteiger partial charge is 0.201 e. The average molecular weight is 389 g/mol. The van der Waals surface area contributed by atoms with Crippen molar-refractivity contribution in [3.63, 3.8) is 0 Å². The van der Waals surface area contributed by atoms with E-state index < -0.39 is 0 Å². The molecule has 0 spiro atoms. The van der Waals surface area contributed by atoms with E-state index in [9.17, 15) is 4.79 Å². The minimum atomic E-state index is 0.0642. The molecule has 0 unspecified atom stereocenters. The lowest BCUT2D eigenvalue weighted by Crippen LogP contribution is -2.32. The van der Waals surface area contributed by atoms with Gasteiger partial charge < -0.3 is 9.30 Å². The minimum Gasteiger partial charge on any atom is -0.497 e. The molecule has 0 bridgehead atoms. The molecule has 1 fully saturated rings. The number of benzene rings is 2. The van der Waals surface area contributed by atoms with Gasteiger partial charge in [0.15, 0.2) is 0 Å². The van der Waals surface area contributed by atoms with E-state index in [1.54, 1.807) is 13.2 Å². The first-order valence-corrected chi connectivity index (χ1v) is 10.3. The summed E-state index contributed by atoms with van der Waals surface area (Å²) in [5, 5.41) is 1.05. The van der Waals surface area contributed by atoms with Crippen LogP contribution in [-0.2, 0) is 13.6 Å². The van der Waals surface area contributed by atoms with Crippen molar-refractivity contribution < 1.29 is 9.53 Å². The third-order valence-electron chi connectivity index (χ3n) is 5.91. The van der Waals surface area contributed by atoms with Crippen LogP contribution < -0.4 is 4.74 Å². The summed E-state index contributed by atoms with van der Waals surface area (Å²) >= 11 is 0. The summed E-state index contributed by atoms with van der Waals surface area (Å²) in [6.45, 7) is 3.16. The fraction of sp³-hybridized carbons (Fsp3) is 0.320. The number of carbonyl (C=O) groups excluding carboxylic acids is 1. The van der Waals surface area contributed by atoms with Gasteiger partial charge in [0, 0.05) is 25.0 Å². The molecule has 4 heteroatoms. The molecule has 2 aromatic carbocycles. The van der Waals surface area contributed by atoms with Crippen molar-refractivity contribution in [1.29, 1.82) is 0 Å². The molecule has 1 aromatic heterocycles. The van der Waals surface area contributed by atoms with Crippen LogP contribution >= 0.6 is 0 Å². The maximum atomic E-state index is 12.8. The summed E-state index contributed by atoms with van der Waals surface area (Å²) in [6.07, 6.45) is 6.08. The predicted molar refractivity (Wildman–Crippen MR) is 117 cm³/mol. The Morgan fingerprint density at radius 3 is 2.59 bits per heavy atom. The molecule has 150 valence electrons. The fourth-order valence-electron chi connectivity index (χ4n) is 4.13. The van der Waals surface area contributed by atoms with Crippen molar-refractivity contribution in [2.75, 3.05) is 20.2 Å². The topological polar surface area (TPSA) is 34.5 Å². The Bertz CT molecular complexity index is 1010. The van der Waals surface area contributed by atoms with Gasteiger partial charge >= 0.3 is 0 Å². The summed E-state index contributed by atoms with van der Waals surface area (Å²) < 4.78 is 7.26. The van der Waals surface area contributed by atoms with E-state index in [0.717, 1.165) is 49.1 Å². The lowest BCUT2D eigenvalue weighted by Gasteiger charge is -2.30. The third-order valence-corrected chi connectivity index (χ3v) is 5.91. The average Bonchev–Trinajstić information content (AvgIpc) is 3.09. The van der Waals surface area contributed by atoms with Crippen LogP contribution in [0.3, 0.4) is 0 Å². The number of aromatic nitrogens is 1. The van der Waals surface area contributed by atoms with Gasteiger partial charge in [0.2, 0.25) is 5.78 Å². The molecule has 4 rings (SSSR count). The van der Waals surface area contributed by atoms with E-state index in [-0.39, 0.29) is 5.78 Å². The molecular formula is C25H28N2O2. The van der Waals surface area contributed by atoms with Crippen LogP contribution in [-0.4, -0.2) is 35.4 Å². The van der Waals surface area contributed by atoms with E-state index in [0.29, 0.717) is 11.6 Å². The molecular weight excluding hydrogens is 360 g/mol. The molecule has 0 amide bonds. The molecule has 1 aliphatic rings. The number of ketones is 1. The van der Waals surface area contributed by atoms with Gasteiger partial charge in [-0.15, -0.1) is 0 Å². The van der Waals surface area contributed by atoms with E-state index in [1.165, 1.54) is 5.56 Å². The van der Waals surface area contributed by atoms with Crippen molar-refractivity contribution in [1.82, 2.24) is 9.47 Å². The van der Waals surface area contributed by atoms with Gasteiger partial charge in [-0.3, -0.25) is 9.69 Å². The van der Waals surface area contributed by atoms with Crippen LogP contribution in [0.2, 0.25) is 0 Å². The molecule has 2 heterocycles. The van der Waals surface area contributed by atoms with E-state index >= 15 is 0 Å². The van der Waals surface area contributed by atoms with E-state index in [1.807, 2.05) is 35.9 Å². The molecule has 0 aliphatic carbocycles. The molecule has 3 aromatic rings. The Morgan fingerprint density at radius 2 is 1.86 bits per heavy atom. The first-order valence-electron chi connectivity index (χ1n) is 10.3. The van der Waals surface area contributed by atoms with Crippen molar-refractivity contribution in [2.24, 2.45) is 13.0 Å². The molecule has 29 heavy (non-hydrogen) atoms. The van der Waals surface area contributed by atoms with Crippen LogP contribution in [0.25, 0.3) is 10.9 Å². The number of fused-ring (bicyclic) bond motifs is 1. The maximum Gasteiger partial charge on any atom is 0.201 e. The monoisotopic (exact) mass is 388 g/mol. The number of carbonyl (C=O) groups is 1. The second-order valence-electron chi connectivity index (χ2n) is 7.84. The summed E-state index contributed by atoms with van der Waals surface area (Å²) in [5.74, 6) is 1.34. The lowest BCUT2D eigenvalue weighted by atomic mass is 9.95. The largest absolute Gasteiger partial charge is 0.497 e. The number of piperidine rings is 1. The van der Waals surface area contributed by atoms with Crippen LogP contribution in [0.15, 0.2) is 66.7 Å². The number of hydrogen-bond donors (Lipinski definition) is 0. The van der Waals surface area contributed by atoms with Crippen molar-refractivity contribution in [3.8, 4) is 5.75 Å². The quantitative estimate of drug-likeness (QED) is 0.448. The van der Waals surface area contributed by atoms with E-state index in [2.05, 4.69) is 41.3 Å². The van der Waals surface area contributed by atoms with Gasteiger partial charge in [0.25, 0.3) is 0 Å². The van der Waals surface area contributed by atoms with Crippen molar-refractivity contribution in [2.45, 2.75) is 19.4 Å². The summed E-state index contributed by atoms with van der Waals surface area (Å²) in [5.41, 5.74) is 3.09. The number of rotatable bonds is 6. The van der Waals surface area contributed by atoms with Crippen LogP contribution in [0.4, 0.5) is 0 Å². The van der Waals surface area contributed by atoms with E-state index in [4.69, 9.17) is 4.74 Å². The molecule has 0 N–H and O–H groups in total. The number of methoxy groups -OCH3 is 1.